The number of rotatable bonds is 6. The van der Waals surface area contributed by atoms with Gasteiger partial charge in [-0.2, -0.15) is 0 Å². The Kier molecular flexibility index (Phi) is 5.23. The van der Waals surface area contributed by atoms with E-state index in [-0.39, 0.29) is 0 Å². The summed E-state index contributed by atoms with van der Waals surface area (Å²) in [6.07, 6.45) is 7.31. The van der Waals surface area contributed by atoms with Crippen LogP contribution in [0.1, 0.15) is 32.3 Å². The van der Waals surface area contributed by atoms with Crippen molar-refractivity contribution in [1.29, 1.82) is 0 Å². The molecule has 1 aromatic heterocycles. The molecule has 14 heavy (non-hydrogen) atoms. The van der Waals surface area contributed by atoms with Crippen LogP contribution in [-0.2, 0) is 6.42 Å². The molecule has 1 aromatic rings. The molecule has 0 aliphatic carbocycles. The number of hydrogen-bond acceptors (Lipinski definition) is 2. The highest BCUT2D eigenvalue weighted by atomic mass is 14.9. The average Bonchev–Trinajstić information content (AvgIpc) is 2.25. The van der Waals surface area contributed by atoms with E-state index in [0.29, 0.717) is 6.04 Å². The first-order chi connectivity index (χ1) is 6.86. The van der Waals surface area contributed by atoms with Crippen LogP contribution in [0.3, 0.4) is 0 Å². The quantitative estimate of drug-likeness (QED) is 0.748. The van der Waals surface area contributed by atoms with Crippen molar-refractivity contribution in [2.75, 3.05) is 6.54 Å². The maximum atomic E-state index is 4.11. The lowest BCUT2D eigenvalue weighted by Gasteiger charge is -2.15. The van der Waals surface area contributed by atoms with Crippen LogP contribution in [0.25, 0.3) is 0 Å². The molecular weight excluding hydrogens is 172 g/mol. The van der Waals surface area contributed by atoms with Crippen molar-refractivity contribution in [3.8, 4) is 0 Å². The molecule has 0 amide bonds. The predicted molar refractivity (Wildman–Crippen MR) is 60.3 cm³/mol. The van der Waals surface area contributed by atoms with Crippen LogP contribution >= 0.6 is 0 Å². The Bertz CT molecular complexity index is 233. The summed E-state index contributed by atoms with van der Waals surface area (Å²) in [5, 5.41) is 3.48. The van der Waals surface area contributed by atoms with Gasteiger partial charge in [0.15, 0.2) is 0 Å². The lowest BCUT2D eigenvalue weighted by molar-refractivity contribution is 0.481. The smallest absolute Gasteiger partial charge is 0.0299 e. The summed E-state index contributed by atoms with van der Waals surface area (Å²) in [5.74, 6) is 0. The minimum atomic E-state index is 0.653. The van der Waals surface area contributed by atoms with Crippen LogP contribution in [-0.4, -0.2) is 17.6 Å². The zero-order chi connectivity index (χ0) is 10.2. The van der Waals surface area contributed by atoms with Gasteiger partial charge in [0.2, 0.25) is 0 Å². The van der Waals surface area contributed by atoms with E-state index in [4.69, 9.17) is 0 Å². The molecule has 78 valence electrons. The summed E-state index contributed by atoms with van der Waals surface area (Å²) < 4.78 is 0. The molecule has 0 bridgehead atoms. The fraction of sp³-hybridized carbons (Fsp3) is 0.583. The van der Waals surface area contributed by atoms with Gasteiger partial charge in [0, 0.05) is 18.4 Å². The van der Waals surface area contributed by atoms with Crippen molar-refractivity contribution in [2.24, 2.45) is 0 Å². The zero-order valence-corrected chi connectivity index (χ0v) is 9.16. The van der Waals surface area contributed by atoms with Crippen LogP contribution in [0, 0.1) is 0 Å². The highest BCUT2D eigenvalue weighted by molar-refractivity contribution is 5.08. The van der Waals surface area contributed by atoms with Gasteiger partial charge in [-0.15, -0.1) is 0 Å². The van der Waals surface area contributed by atoms with Crippen LogP contribution in [0.15, 0.2) is 24.5 Å². The van der Waals surface area contributed by atoms with Crippen molar-refractivity contribution in [3.63, 3.8) is 0 Å². The second kappa shape index (κ2) is 6.55. The molecule has 1 N–H and O–H groups in total. The number of aromatic nitrogens is 1. The molecule has 0 aromatic carbocycles. The van der Waals surface area contributed by atoms with Gasteiger partial charge in [-0.3, -0.25) is 4.98 Å². The standard InChI is InChI=1S/C12H20N2/c1-3-12(14-4-2)8-7-11-6-5-9-13-10-11/h5-6,9-10,12,14H,3-4,7-8H2,1-2H3. The number of nitrogens with zero attached hydrogens (tertiary/aromatic N) is 1. The Hall–Kier alpha value is -0.890. The largest absolute Gasteiger partial charge is 0.314 e. The maximum Gasteiger partial charge on any atom is 0.0299 e. The third kappa shape index (κ3) is 3.88. The zero-order valence-electron chi connectivity index (χ0n) is 9.16. The van der Waals surface area contributed by atoms with Gasteiger partial charge in [-0.25, -0.2) is 0 Å². The molecule has 2 heteroatoms. The highest BCUT2D eigenvalue weighted by Crippen LogP contribution is 2.05. The monoisotopic (exact) mass is 192 g/mol. The first kappa shape index (κ1) is 11.2. The first-order valence-electron chi connectivity index (χ1n) is 5.49. The van der Waals surface area contributed by atoms with Gasteiger partial charge in [-0.1, -0.05) is 19.9 Å². The lowest BCUT2D eigenvalue weighted by atomic mass is 10.1. The minimum absolute atomic E-state index is 0.653. The SMILES string of the molecule is CCNC(CC)CCc1cccnc1. The Labute approximate surface area is 86.8 Å². The van der Waals surface area contributed by atoms with E-state index in [2.05, 4.69) is 30.2 Å². The van der Waals surface area contributed by atoms with E-state index in [1.807, 2.05) is 18.5 Å². The van der Waals surface area contributed by atoms with Crippen LogP contribution in [0.5, 0.6) is 0 Å². The summed E-state index contributed by atoms with van der Waals surface area (Å²) in [6, 6.07) is 4.80. The third-order valence-corrected chi connectivity index (χ3v) is 2.49. The van der Waals surface area contributed by atoms with Gasteiger partial charge < -0.3 is 5.32 Å². The number of hydrogen-bond donors (Lipinski definition) is 1. The van der Waals surface area contributed by atoms with Crippen LogP contribution in [0.4, 0.5) is 0 Å². The minimum Gasteiger partial charge on any atom is -0.314 e. The third-order valence-electron chi connectivity index (χ3n) is 2.49. The molecular formula is C12H20N2. The van der Waals surface area contributed by atoms with E-state index in [0.717, 1.165) is 13.0 Å². The Morgan fingerprint density at radius 1 is 1.43 bits per heavy atom. The highest BCUT2D eigenvalue weighted by Gasteiger charge is 2.03. The fourth-order valence-corrected chi connectivity index (χ4v) is 1.63. The number of nitrogens with one attached hydrogen (secondary N) is 1. The summed E-state index contributed by atoms with van der Waals surface area (Å²) in [7, 11) is 0. The van der Waals surface area contributed by atoms with E-state index in [1.54, 1.807) is 0 Å². The Morgan fingerprint density at radius 2 is 2.29 bits per heavy atom. The van der Waals surface area contributed by atoms with Crippen LogP contribution in [0.2, 0.25) is 0 Å². The molecule has 1 heterocycles. The van der Waals surface area contributed by atoms with Crippen molar-refractivity contribution < 1.29 is 0 Å². The molecule has 0 aliphatic heterocycles. The van der Waals surface area contributed by atoms with Crippen molar-refractivity contribution in [1.82, 2.24) is 10.3 Å². The van der Waals surface area contributed by atoms with E-state index in [9.17, 15) is 0 Å². The van der Waals surface area contributed by atoms with Gasteiger partial charge in [-0.05, 0) is 37.4 Å². The van der Waals surface area contributed by atoms with Crippen molar-refractivity contribution >= 4 is 0 Å². The molecule has 1 atom stereocenters. The molecule has 2 nitrogen and oxygen atoms in total. The molecule has 0 spiro atoms. The maximum absolute atomic E-state index is 4.11. The molecule has 0 radical (unpaired) electrons. The van der Waals surface area contributed by atoms with Gasteiger partial charge >= 0.3 is 0 Å². The average molecular weight is 192 g/mol. The molecule has 0 aliphatic rings. The summed E-state index contributed by atoms with van der Waals surface area (Å²) in [6.45, 7) is 5.45. The summed E-state index contributed by atoms with van der Waals surface area (Å²) >= 11 is 0. The molecule has 1 unspecified atom stereocenters. The summed E-state index contributed by atoms with van der Waals surface area (Å²) in [5.41, 5.74) is 1.34. The van der Waals surface area contributed by atoms with Gasteiger partial charge in [0.05, 0.1) is 0 Å². The van der Waals surface area contributed by atoms with E-state index < -0.39 is 0 Å². The topological polar surface area (TPSA) is 24.9 Å². The summed E-state index contributed by atoms with van der Waals surface area (Å²) in [4.78, 5) is 4.11. The first-order valence-corrected chi connectivity index (χ1v) is 5.49. The molecule has 1 rings (SSSR count). The number of pyridine rings is 1. The van der Waals surface area contributed by atoms with Crippen LogP contribution < -0.4 is 5.32 Å². The second-order valence-electron chi connectivity index (χ2n) is 3.56. The fourth-order valence-electron chi connectivity index (χ4n) is 1.63. The Balaban J connectivity index is 2.32. The van der Waals surface area contributed by atoms with Gasteiger partial charge in [0.1, 0.15) is 0 Å². The molecule has 0 saturated heterocycles. The molecule has 0 saturated carbocycles. The lowest BCUT2D eigenvalue weighted by Crippen LogP contribution is -2.28. The van der Waals surface area contributed by atoms with Crippen molar-refractivity contribution in [2.45, 2.75) is 39.2 Å². The second-order valence-corrected chi connectivity index (χ2v) is 3.56. The van der Waals surface area contributed by atoms with Gasteiger partial charge in [0.25, 0.3) is 0 Å². The molecule has 0 fully saturated rings. The Morgan fingerprint density at radius 3 is 2.86 bits per heavy atom. The number of aryl methyl sites for hydroxylation is 1. The van der Waals surface area contributed by atoms with E-state index >= 15 is 0 Å². The van der Waals surface area contributed by atoms with E-state index in [1.165, 1.54) is 18.4 Å². The predicted octanol–water partition coefficient (Wildman–Crippen LogP) is 2.40. The van der Waals surface area contributed by atoms with Crippen molar-refractivity contribution in [3.05, 3.63) is 30.1 Å². The normalized spacial score (nSPS) is 12.7.